The van der Waals surface area contributed by atoms with Crippen LogP contribution in [0.1, 0.15) is 0 Å². The Morgan fingerprint density at radius 3 is 1.25 bits per heavy atom. The monoisotopic (exact) mass is 170 g/mol. The molecule has 0 N–H and O–H groups in total. The van der Waals surface area contributed by atoms with E-state index in [0.29, 0.717) is 0 Å². The molecule has 0 amide bonds. The zero-order chi connectivity index (χ0) is 2.00. The van der Waals surface area contributed by atoms with Gasteiger partial charge >= 0.3 is 0 Å². The summed E-state index contributed by atoms with van der Waals surface area (Å²) >= 11 is 2.83. The van der Waals surface area contributed by atoms with E-state index >= 15 is 0 Å². The Kier molecular flexibility index (Phi) is 169. The largest absolute Gasteiger partial charge is 0.197 e. The van der Waals surface area contributed by atoms with Crippen molar-refractivity contribution in [1.29, 1.82) is 0 Å². The summed E-state index contributed by atoms with van der Waals surface area (Å²) in [6.07, 6.45) is 0. The molecule has 0 saturated carbocycles. The van der Waals surface area contributed by atoms with E-state index in [4.69, 9.17) is 4.21 Å². The fourth-order valence-electron chi connectivity index (χ4n) is 0. The molecule has 0 aliphatic heterocycles. The molecular weight excluding hydrogens is 171 g/mol. The molecular formula is CoCuOS. The zero-order valence-corrected chi connectivity index (χ0v) is 4.25. The molecule has 4 heteroatoms. The van der Waals surface area contributed by atoms with Crippen molar-refractivity contribution < 1.29 is 38.1 Å². The van der Waals surface area contributed by atoms with Gasteiger partial charge in [0, 0.05) is 33.8 Å². The van der Waals surface area contributed by atoms with Crippen LogP contribution in [0, 0.1) is 0 Å². The van der Waals surface area contributed by atoms with Gasteiger partial charge < -0.3 is 0 Å². The van der Waals surface area contributed by atoms with Crippen molar-refractivity contribution in [3.8, 4) is 0 Å². The molecule has 0 saturated heterocycles. The topological polar surface area (TPSA) is 17.1 Å². The average Bonchev–Trinajstić information content (AvgIpc) is 1.00. The first-order valence-corrected chi connectivity index (χ1v) is 0.500. The van der Waals surface area contributed by atoms with Gasteiger partial charge in [0.1, 0.15) is 0 Å². The number of hydrogen-bond donors (Lipinski definition) is 0. The van der Waals surface area contributed by atoms with E-state index in [1.807, 2.05) is 0 Å². The third-order valence-corrected chi connectivity index (χ3v) is 0. The molecule has 0 spiro atoms. The standard InChI is InChI=1S/Co.Cu.OS/c;;1-2. The van der Waals surface area contributed by atoms with E-state index in [1.165, 1.54) is 0 Å². The minimum absolute atomic E-state index is 0. The maximum Gasteiger partial charge on any atom is 0.197 e. The second kappa shape index (κ2) is 34.3. The van der Waals surface area contributed by atoms with Crippen LogP contribution in [0.3, 0.4) is 0 Å². The van der Waals surface area contributed by atoms with Crippen molar-refractivity contribution in [2.45, 2.75) is 0 Å². The van der Waals surface area contributed by atoms with Crippen LogP contribution in [0.25, 0.3) is 0 Å². The minimum atomic E-state index is 0. The van der Waals surface area contributed by atoms with Gasteiger partial charge in [0.2, 0.25) is 0 Å². The summed E-state index contributed by atoms with van der Waals surface area (Å²) in [5.41, 5.74) is 0. The van der Waals surface area contributed by atoms with Gasteiger partial charge in [-0.2, -0.15) is 4.21 Å². The fraction of sp³-hybridized carbons (Fsp3) is 0. The molecule has 0 aromatic heterocycles. The molecule has 0 bridgehead atoms. The smallest absolute Gasteiger partial charge is 0.197 e. The maximum atomic E-state index is 7.83. The van der Waals surface area contributed by atoms with E-state index < -0.39 is 0 Å². The zero-order valence-electron chi connectivity index (χ0n) is 1.45. The van der Waals surface area contributed by atoms with Crippen molar-refractivity contribution in [2.24, 2.45) is 0 Å². The molecule has 0 aliphatic rings. The quantitative estimate of drug-likeness (QED) is 0.463. The SMILES string of the molecule is O=S.[Co].[Cu]. The third kappa shape index (κ3) is 11.7. The summed E-state index contributed by atoms with van der Waals surface area (Å²) in [4.78, 5) is 0. The number of hydrogen-bond acceptors (Lipinski definition) is 2. The third-order valence-electron chi connectivity index (χ3n) is 0. The van der Waals surface area contributed by atoms with Crippen LogP contribution in [0.15, 0.2) is 0 Å². The van der Waals surface area contributed by atoms with Crippen LogP contribution in [0.4, 0.5) is 0 Å². The molecule has 0 rings (SSSR count). The summed E-state index contributed by atoms with van der Waals surface area (Å²) in [6.45, 7) is 0. The molecule has 1 nitrogen and oxygen atoms in total. The average molecular weight is 171 g/mol. The molecule has 0 atom stereocenters. The van der Waals surface area contributed by atoms with Gasteiger partial charge in [0.25, 0.3) is 0 Å². The van der Waals surface area contributed by atoms with Crippen LogP contribution in [0.2, 0.25) is 0 Å². The summed E-state index contributed by atoms with van der Waals surface area (Å²) in [7, 11) is 0. The summed E-state index contributed by atoms with van der Waals surface area (Å²) in [5, 5.41) is 0. The van der Waals surface area contributed by atoms with Crippen LogP contribution in [-0.4, -0.2) is 4.21 Å². The Hall–Kier alpha value is 1.05. The van der Waals surface area contributed by atoms with Crippen LogP contribution in [-0.2, 0) is 46.4 Å². The van der Waals surface area contributed by atoms with E-state index in [2.05, 4.69) is 12.5 Å². The summed E-state index contributed by atoms with van der Waals surface area (Å²) in [6, 6.07) is 0. The van der Waals surface area contributed by atoms with Gasteiger partial charge in [0.05, 0.1) is 0 Å². The Bertz CT molecular complexity index is 8.00. The van der Waals surface area contributed by atoms with Crippen LogP contribution in [0.5, 0.6) is 0 Å². The molecule has 0 fully saturated rings. The Balaban J connectivity index is -0.00000000500. The van der Waals surface area contributed by atoms with E-state index in [9.17, 15) is 0 Å². The summed E-state index contributed by atoms with van der Waals surface area (Å²) < 4.78 is 7.83. The van der Waals surface area contributed by atoms with Crippen LogP contribution >= 0.6 is 0 Å². The molecule has 4 heavy (non-hydrogen) atoms. The predicted octanol–water partition coefficient (Wildman–Crippen LogP) is -0.341. The van der Waals surface area contributed by atoms with Gasteiger partial charge in [-0.3, -0.25) is 0 Å². The van der Waals surface area contributed by atoms with Crippen molar-refractivity contribution in [2.75, 3.05) is 0 Å². The van der Waals surface area contributed by atoms with Crippen LogP contribution < -0.4 is 0 Å². The molecule has 32 valence electrons. The number of rotatable bonds is 0. The Labute approximate surface area is 50.7 Å². The molecule has 0 aromatic rings. The molecule has 0 aliphatic carbocycles. The molecule has 2 radical (unpaired) electrons. The first-order valence-electron chi connectivity index (χ1n) is 0.167. The molecule has 0 heterocycles. The van der Waals surface area contributed by atoms with Crippen molar-refractivity contribution in [3.05, 3.63) is 0 Å². The first kappa shape index (κ1) is 19.7. The van der Waals surface area contributed by atoms with Gasteiger partial charge in [-0.1, -0.05) is 0 Å². The first-order chi connectivity index (χ1) is 1.00. The second-order valence-corrected chi connectivity index (χ2v) is 0. The van der Waals surface area contributed by atoms with Crippen molar-refractivity contribution in [3.63, 3.8) is 0 Å². The maximum absolute atomic E-state index is 7.83. The predicted molar refractivity (Wildman–Crippen MR) is 8.14 cm³/mol. The van der Waals surface area contributed by atoms with Gasteiger partial charge in [0.15, 0.2) is 12.5 Å². The van der Waals surface area contributed by atoms with Crippen molar-refractivity contribution in [1.82, 2.24) is 0 Å². The normalized spacial score (nSPS) is 1.00. The molecule has 0 unspecified atom stereocenters. The second-order valence-electron chi connectivity index (χ2n) is 0. The summed E-state index contributed by atoms with van der Waals surface area (Å²) in [5.74, 6) is 0. The van der Waals surface area contributed by atoms with Gasteiger partial charge in [-0.05, 0) is 0 Å². The Morgan fingerprint density at radius 2 is 1.25 bits per heavy atom. The van der Waals surface area contributed by atoms with Gasteiger partial charge in [-0.15, -0.1) is 0 Å². The van der Waals surface area contributed by atoms with E-state index in [-0.39, 0.29) is 33.8 Å². The van der Waals surface area contributed by atoms with Crippen molar-refractivity contribution >= 4 is 12.5 Å². The molecule has 0 aromatic carbocycles. The Morgan fingerprint density at radius 1 is 1.25 bits per heavy atom. The minimum Gasteiger partial charge on any atom is -0.197 e. The van der Waals surface area contributed by atoms with Gasteiger partial charge in [-0.25, -0.2) is 0 Å². The van der Waals surface area contributed by atoms with E-state index in [1.54, 1.807) is 0 Å². The fourth-order valence-corrected chi connectivity index (χ4v) is 0. The van der Waals surface area contributed by atoms with E-state index in [0.717, 1.165) is 0 Å².